The summed E-state index contributed by atoms with van der Waals surface area (Å²) in [6, 6.07) is 17.2. The highest BCUT2D eigenvalue weighted by Crippen LogP contribution is 2.35. The smallest absolute Gasteiger partial charge is 0.260 e. The summed E-state index contributed by atoms with van der Waals surface area (Å²) in [6.07, 6.45) is 5.62. The van der Waals surface area contributed by atoms with Crippen LogP contribution in [-0.2, 0) is 6.54 Å². The molecule has 2 heterocycles. The molecule has 31 heavy (non-hydrogen) atoms. The van der Waals surface area contributed by atoms with E-state index in [0.29, 0.717) is 17.2 Å². The summed E-state index contributed by atoms with van der Waals surface area (Å²) >= 11 is 3.18. The fourth-order valence-electron chi connectivity index (χ4n) is 3.20. The average molecular weight is 450 g/mol. The molecule has 0 atom stereocenters. The molecule has 2 aromatic heterocycles. The fourth-order valence-corrected chi connectivity index (χ4v) is 4.81. The van der Waals surface area contributed by atoms with E-state index >= 15 is 0 Å². The van der Waals surface area contributed by atoms with Crippen molar-refractivity contribution in [2.45, 2.75) is 31.4 Å². The third-order valence-corrected chi connectivity index (χ3v) is 6.42. The van der Waals surface area contributed by atoms with E-state index in [1.165, 1.54) is 11.3 Å². The molecule has 4 rings (SSSR count). The van der Waals surface area contributed by atoms with Crippen LogP contribution in [0.2, 0.25) is 0 Å². The van der Waals surface area contributed by atoms with Gasteiger partial charge in [0.05, 0.1) is 22.9 Å². The number of rotatable bonds is 7. The first-order valence-electron chi connectivity index (χ1n) is 9.96. The van der Waals surface area contributed by atoms with Gasteiger partial charge >= 0.3 is 0 Å². The van der Waals surface area contributed by atoms with Crippen molar-refractivity contribution >= 4 is 44.4 Å². The molecule has 0 aliphatic carbocycles. The van der Waals surface area contributed by atoms with Gasteiger partial charge in [-0.1, -0.05) is 23.5 Å². The van der Waals surface area contributed by atoms with Crippen molar-refractivity contribution < 1.29 is 9.53 Å². The largest absolute Gasteiger partial charge is 0.491 e. The summed E-state index contributed by atoms with van der Waals surface area (Å²) in [5, 5.41) is 0.674. The zero-order chi connectivity index (χ0) is 21.8. The number of hydrogen-bond acceptors (Lipinski definition) is 6. The van der Waals surface area contributed by atoms with Crippen molar-refractivity contribution in [1.29, 1.82) is 0 Å². The van der Waals surface area contributed by atoms with Crippen LogP contribution < -0.4 is 9.64 Å². The minimum atomic E-state index is -0.107. The number of carbonyl (C=O) groups excluding carboxylic acids is 1. The van der Waals surface area contributed by atoms with Gasteiger partial charge in [-0.3, -0.25) is 14.7 Å². The molecule has 0 N–H and O–H groups in total. The molecule has 0 spiro atoms. The van der Waals surface area contributed by atoms with Gasteiger partial charge in [0.25, 0.3) is 5.91 Å². The number of carbonyl (C=O) groups is 1. The van der Waals surface area contributed by atoms with Gasteiger partial charge in [-0.2, -0.15) is 0 Å². The van der Waals surface area contributed by atoms with Crippen LogP contribution in [0.3, 0.4) is 0 Å². The van der Waals surface area contributed by atoms with Gasteiger partial charge in [0.2, 0.25) is 0 Å². The Balaban J connectivity index is 1.71. The number of benzene rings is 2. The molecule has 0 fully saturated rings. The molecule has 0 bridgehead atoms. The summed E-state index contributed by atoms with van der Waals surface area (Å²) in [6.45, 7) is 4.35. The maximum Gasteiger partial charge on any atom is 0.260 e. The van der Waals surface area contributed by atoms with E-state index in [1.807, 2.05) is 56.5 Å². The first-order chi connectivity index (χ1) is 15.0. The first kappa shape index (κ1) is 21.3. The number of aromatic nitrogens is 2. The maximum atomic E-state index is 13.5. The summed E-state index contributed by atoms with van der Waals surface area (Å²) < 4.78 is 6.77. The Morgan fingerprint density at radius 3 is 2.61 bits per heavy atom. The van der Waals surface area contributed by atoms with Crippen LogP contribution in [-0.4, -0.2) is 28.2 Å². The number of amides is 1. The molecule has 5 nitrogen and oxygen atoms in total. The lowest BCUT2D eigenvalue weighted by Gasteiger charge is -2.20. The molecule has 0 radical (unpaired) electrons. The quantitative estimate of drug-likeness (QED) is 0.322. The van der Waals surface area contributed by atoms with Gasteiger partial charge in [-0.05, 0) is 68.1 Å². The van der Waals surface area contributed by atoms with Crippen LogP contribution in [0.25, 0.3) is 10.2 Å². The molecule has 1 amide bonds. The Hall–Kier alpha value is -2.90. The monoisotopic (exact) mass is 449 g/mol. The third kappa shape index (κ3) is 4.89. The van der Waals surface area contributed by atoms with Gasteiger partial charge in [-0.15, -0.1) is 11.8 Å². The lowest BCUT2D eigenvalue weighted by molar-refractivity contribution is 0.0985. The van der Waals surface area contributed by atoms with E-state index in [0.717, 1.165) is 26.4 Å². The van der Waals surface area contributed by atoms with E-state index in [-0.39, 0.29) is 12.0 Å². The zero-order valence-corrected chi connectivity index (χ0v) is 19.2. The number of ether oxygens (including phenoxy) is 1. The highest BCUT2D eigenvalue weighted by molar-refractivity contribution is 7.98. The predicted octanol–water partition coefficient (Wildman–Crippen LogP) is 6.05. The molecule has 0 saturated carbocycles. The summed E-state index contributed by atoms with van der Waals surface area (Å²) in [4.78, 5) is 25.4. The molecular weight excluding hydrogens is 426 g/mol. The minimum absolute atomic E-state index is 0.0806. The number of pyridine rings is 1. The topological polar surface area (TPSA) is 55.3 Å². The SMILES string of the molecule is CSc1cccc2sc(N(Cc3cccnc3)C(=O)c3ccc(OC(C)C)cc3)nc12. The van der Waals surface area contributed by atoms with Gasteiger partial charge in [0.1, 0.15) is 5.75 Å². The van der Waals surface area contributed by atoms with E-state index in [1.54, 1.807) is 41.2 Å². The summed E-state index contributed by atoms with van der Waals surface area (Å²) in [5.74, 6) is 0.639. The zero-order valence-electron chi connectivity index (χ0n) is 17.6. The van der Waals surface area contributed by atoms with E-state index in [2.05, 4.69) is 11.1 Å². The molecule has 7 heteroatoms. The summed E-state index contributed by atoms with van der Waals surface area (Å²) in [7, 11) is 0. The Labute approximate surface area is 190 Å². The standard InChI is InChI=1S/C24H23N3O2S2/c1-16(2)29-19-11-9-18(10-12-19)23(28)27(15-17-6-5-13-25-14-17)24-26-22-20(30-3)7-4-8-21(22)31-24/h4-14,16H,15H2,1-3H3. The highest BCUT2D eigenvalue weighted by atomic mass is 32.2. The van der Waals surface area contributed by atoms with E-state index in [4.69, 9.17) is 9.72 Å². The number of hydrogen-bond donors (Lipinski definition) is 0. The lowest BCUT2D eigenvalue weighted by Crippen LogP contribution is -2.30. The number of thiazole rings is 1. The molecule has 0 saturated heterocycles. The van der Waals surface area contributed by atoms with Gasteiger partial charge in [0, 0.05) is 22.9 Å². The van der Waals surface area contributed by atoms with Crippen LogP contribution >= 0.6 is 23.1 Å². The molecule has 4 aromatic rings. The Bertz CT molecular complexity index is 1170. The van der Waals surface area contributed by atoms with Gasteiger partial charge in [0.15, 0.2) is 5.13 Å². The number of para-hydroxylation sites is 1. The molecule has 0 unspecified atom stereocenters. The molecule has 158 valence electrons. The molecule has 0 aliphatic heterocycles. The van der Waals surface area contributed by atoms with E-state index in [9.17, 15) is 4.79 Å². The van der Waals surface area contributed by atoms with Crippen LogP contribution in [0, 0.1) is 0 Å². The van der Waals surface area contributed by atoms with Crippen LogP contribution in [0.4, 0.5) is 5.13 Å². The lowest BCUT2D eigenvalue weighted by atomic mass is 10.1. The van der Waals surface area contributed by atoms with Crippen molar-refractivity contribution in [2.24, 2.45) is 0 Å². The summed E-state index contributed by atoms with van der Waals surface area (Å²) in [5.41, 5.74) is 2.46. The second-order valence-corrected chi connectivity index (χ2v) is 9.10. The first-order valence-corrected chi connectivity index (χ1v) is 12.0. The Kier molecular flexibility index (Phi) is 6.53. The highest BCUT2D eigenvalue weighted by Gasteiger charge is 2.22. The van der Waals surface area contributed by atoms with E-state index < -0.39 is 0 Å². The van der Waals surface area contributed by atoms with Crippen LogP contribution in [0.1, 0.15) is 29.8 Å². The van der Waals surface area contributed by atoms with Crippen LogP contribution in [0.15, 0.2) is 71.9 Å². The average Bonchev–Trinajstić information content (AvgIpc) is 3.22. The van der Waals surface area contributed by atoms with Crippen molar-refractivity contribution in [3.63, 3.8) is 0 Å². The Morgan fingerprint density at radius 2 is 1.94 bits per heavy atom. The third-order valence-electron chi connectivity index (χ3n) is 4.60. The normalized spacial score (nSPS) is 11.1. The Morgan fingerprint density at radius 1 is 1.13 bits per heavy atom. The molecule has 2 aromatic carbocycles. The fraction of sp³-hybridized carbons (Fsp3) is 0.208. The van der Waals surface area contributed by atoms with Crippen molar-refractivity contribution in [3.05, 3.63) is 78.1 Å². The second-order valence-electron chi connectivity index (χ2n) is 7.25. The maximum absolute atomic E-state index is 13.5. The second kappa shape index (κ2) is 9.49. The van der Waals surface area contributed by atoms with Crippen molar-refractivity contribution in [3.8, 4) is 5.75 Å². The molecular formula is C24H23N3O2S2. The van der Waals surface area contributed by atoms with Crippen LogP contribution in [0.5, 0.6) is 5.75 Å². The predicted molar refractivity (Wildman–Crippen MR) is 128 cm³/mol. The molecule has 0 aliphatic rings. The van der Waals surface area contributed by atoms with Crippen molar-refractivity contribution in [2.75, 3.05) is 11.2 Å². The number of anilines is 1. The van der Waals surface area contributed by atoms with Gasteiger partial charge < -0.3 is 4.74 Å². The number of thioether (sulfide) groups is 1. The number of fused-ring (bicyclic) bond motifs is 1. The minimum Gasteiger partial charge on any atom is -0.491 e. The van der Waals surface area contributed by atoms with Gasteiger partial charge in [-0.25, -0.2) is 4.98 Å². The number of nitrogens with zero attached hydrogens (tertiary/aromatic N) is 3. The van der Waals surface area contributed by atoms with Crippen molar-refractivity contribution in [1.82, 2.24) is 9.97 Å².